The average molecular weight is 422 g/mol. The molecular weight excluding hydrogens is 390 g/mol. The number of carbonyl (C=O) groups excluding carboxylic acids is 1. The zero-order valence-corrected chi connectivity index (χ0v) is 19.4. The normalized spacial score (nSPS) is 15.9. The lowest BCUT2D eigenvalue weighted by Crippen LogP contribution is -2.27. The molecule has 1 aromatic heterocycles. The van der Waals surface area contributed by atoms with Gasteiger partial charge >= 0.3 is 0 Å². The minimum absolute atomic E-state index is 0.0183. The molecule has 1 aliphatic rings. The van der Waals surface area contributed by atoms with Gasteiger partial charge in [-0.1, -0.05) is 26.8 Å². The van der Waals surface area contributed by atoms with E-state index in [1.807, 2.05) is 31.2 Å². The maximum Gasteiger partial charge on any atom is 0.225 e. The molecular formula is C25H31N3OS. The maximum atomic E-state index is 12.3. The molecule has 1 amide bonds. The van der Waals surface area contributed by atoms with Crippen LogP contribution in [-0.2, 0) is 17.6 Å². The van der Waals surface area contributed by atoms with Crippen molar-refractivity contribution in [2.75, 3.05) is 11.1 Å². The summed E-state index contributed by atoms with van der Waals surface area (Å²) in [5.41, 5.74) is 6.43. The standard InChI is InChI=1S/C25H31N3OS/c1-16-6-8-21(12-17(16)2)27-23(29)10-11-30-24-19(15-26)13-18-14-20(25(3,4)5)7-9-22(18)28-24/h6,8,12-13,20H,7,9-11,14H2,1-5H3,(H,27,29). The predicted molar refractivity (Wildman–Crippen MR) is 124 cm³/mol. The van der Waals surface area contributed by atoms with Gasteiger partial charge in [-0.15, -0.1) is 11.8 Å². The fraction of sp³-hybridized carbons (Fsp3) is 0.480. The summed E-state index contributed by atoms with van der Waals surface area (Å²) in [5, 5.41) is 13.3. The summed E-state index contributed by atoms with van der Waals surface area (Å²) >= 11 is 1.50. The minimum atomic E-state index is -0.0183. The summed E-state index contributed by atoms with van der Waals surface area (Å²) in [7, 11) is 0. The second kappa shape index (κ2) is 9.22. The van der Waals surface area contributed by atoms with Gasteiger partial charge in [0.1, 0.15) is 11.1 Å². The number of fused-ring (bicyclic) bond motifs is 1. The highest BCUT2D eigenvalue weighted by molar-refractivity contribution is 7.99. The Kier molecular flexibility index (Phi) is 6.88. The number of benzene rings is 1. The Balaban J connectivity index is 1.61. The van der Waals surface area contributed by atoms with Crippen LogP contribution in [0.2, 0.25) is 0 Å². The smallest absolute Gasteiger partial charge is 0.225 e. The largest absolute Gasteiger partial charge is 0.326 e. The molecule has 1 aromatic carbocycles. The maximum absolute atomic E-state index is 12.3. The Morgan fingerprint density at radius 1 is 1.27 bits per heavy atom. The van der Waals surface area contributed by atoms with E-state index in [1.165, 1.54) is 22.9 Å². The molecule has 30 heavy (non-hydrogen) atoms. The molecule has 0 aliphatic heterocycles. The summed E-state index contributed by atoms with van der Waals surface area (Å²) in [6.45, 7) is 11.0. The van der Waals surface area contributed by atoms with Gasteiger partial charge < -0.3 is 5.32 Å². The van der Waals surface area contributed by atoms with E-state index in [4.69, 9.17) is 4.98 Å². The van der Waals surface area contributed by atoms with Crippen molar-refractivity contribution in [1.29, 1.82) is 5.26 Å². The van der Waals surface area contributed by atoms with Gasteiger partial charge in [-0.25, -0.2) is 4.98 Å². The lowest BCUT2D eigenvalue weighted by molar-refractivity contribution is -0.115. The van der Waals surface area contributed by atoms with Crippen LogP contribution in [0.3, 0.4) is 0 Å². The van der Waals surface area contributed by atoms with E-state index in [1.54, 1.807) is 0 Å². The molecule has 158 valence electrons. The molecule has 3 rings (SSSR count). The Labute approximate surface area is 184 Å². The van der Waals surface area contributed by atoms with Crippen LogP contribution in [0.5, 0.6) is 0 Å². The molecule has 1 atom stereocenters. The van der Waals surface area contributed by atoms with Crippen LogP contribution >= 0.6 is 11.8 Å². The molecule has 1 N–H and O–H groups in total. The summed E-state index contributed by atoms with van der Waals surface area (Å²) in [5.74, 6) is 1.20. The van der Waals surface area contributed by atoms with Gasteiger partial charge in [0.15, 0.2) is 0 Å². The van der Waals surface area contributed by atoms with E-state index >= 15 is 0 Å². The molecule has 0 radical (unpaired) electrons. The molecule has 0 saturated carbocycles. The van der Waals surface area contributed by atoms with Crippen molar-refractivity contribution in [3.63, 3.8) is 0 Å². The number of aromatic nitrogens is 1. The van der Waals surface area contributed by atoms with E-state index < -0.39 is 0 Å². The second-order valence-electron chi connectivity index (χ2n) is 9.31. The summed E-state index contributed by atoms with van der Waals surface area (Å²) in [4.78, 5) is 17.1. The molecule has 0 spiro atoms. The molecule has 0 fully saturated rings. The van der Waals surface area contributed by atoms with Crippen LogP contribution in [0.4, 0.5) is 5.69 Å². The van der Waals surface area contributed by atoms with Crippen molar-refractivity contribution < 1.29 is 4.79 Å². The fourth-order valence-electron chi connectivity index (χ4n) is 3.86. The first-order valence-corrected chi connectivity index (χ1v) is 11.6. The summed E-state index contributed by atoms with van der Waals surface area (Å²) in [6.07, 6.45) is 3.47. The van der Waals surface area contributed by atoms with Crippen LogP contribution in [0.15, 0.2) is 29.3 Å². The first kappa shape index (κ1) is 22.4. The van der Waals surface area contributed by atoms with Gasteiger partial charge in [0, 0.05) is 23.6 Å². The Hall–Kier alpha value is -2.32. The number of pyridine rings is 1. The van der Waals surface area contributed by atoms with Crippen molar-refractivity contribution in [1.82, 2.24) is 4.98 Å². The molecule has 1 heterocycles. The second-order valence-corrected chi connectivity index (χ2v) is 10.4. The highest BCUT2D eigenvalue weighted by atomic mass is 32.2. The van der Waals surface area contributed by atoms with Crippen molar-refractivity contribution in [3.05, 3.63) is 52.2 Å². The molecule has 0 saturated heterocycles. The van der Waals surface area contributed by atoms with E-state index in [0.717, 1.165) is 41.2 Å². The molecule has 1 aliphatic carbocycles. The summed E-state index contributed by atoms with van der Waals surface area (Å²) < 4.78 is 0. The first-order chi connectivity index (χ1) is 14.2. The number of thioether (sulfide) groups is 1. The SMILES string of the molecule is Cc1ccc(NC(=O)CCSc2nc3c(cc2C#N)CC(C(C)(C)C)CC3)cc1C. The monoisotopic (exact) mass is 421 g/mol. The van der Waals surface area contributed by atoms with Crippen LogP contribution in [-0.4, -0.2) is 16.6 Å². The molecule has 5 heteroatoms. The fourth-order valence-corrected chi connectivity index (χ4v) is 4.77. The Morgan fingerprint density at radius 2 is 2.03 bits per heavy atom. The zero-order valence-electron chi connectivity index (χ0n) is 18.6. The predicted octanol–water partition coefficient (Wildman–Crippen LogP) is 5.84. The van der Waals surface area contributed by atoms with Crippen LogP contribution < -0.4 is 5.32 Å². The quantitative estimate of drug-likeness (QED) is 0.616. The third kappa shape index (κ3) is 5.43. The van der Waals surface area contributed by atoms with Gasteiger partial charge in [0.2, 0.25) is 5.91 Å². The van der Waals surface area contributed by atoms with Crippen LogP contribution in [0, 0.1) is 36.5 Å². The molecule has 4 nitrogen and oxygen atoms in total. The first-order valence-electron chi connectivity index (χ1n) is 10.6. The van der Waals surface area contributed by atoms with Gasteiger partial charge in [-0.2, -0.15) is 5.26 Å². The van der Waals surface area contributed by atoms with E-state index in [0.29, 0.717) is 23.7 Å². The lowest BCUT2D eigenvalue weighted by atomic mass is 9.71. The van der Waals surface area contributed by atoms with E-state index in [9.17, 15) is 10.1 Å². The number of nitrogens with zero attached hydrogens (tertiary/aromatic N) is 2. The average Bonchev–Trinajstić information content (AvgIpc) is 2.69. The number of rotatable bonds is 5. The third-order valence-electron chi connectivity index (χ3n) is 6.06. The Bertz CT molecular complexity index is 985. The Morgan fingerprint density at radius 3 is 2.70 bits per heavy atom. The molecule has 2 aromatic rings. The van der Waals surface area contributed by atoms with Crippen molar-refractivity contribution in [3.8, 4) is 6.07 Å². The lowest BCUT2D eigenvalue weighted by Gasteiger charge is -2.34. The number of nitriles is 1. The highest BCUT2D eigenvalue weighted by Gasteiger charge is 2.30. The van der Waals surface area contributed by atoms with Gasteiger partial charge in [0.05, 0.1) is 5.56 Å². The number of anilines is 1. The highest BCUT2D eigenvalue weighted by Crippen LogP contribution is 2.38. The minimum Gasteiger partial charge on any atom is -0.326 e. The zero-order chi connectivity index (χ0) is 21.9. The van der Waals surface area contributed by atoms with Crippen LogP contribution in [0.25, 0.3) is 0 Å². The number of amides is 1. The van der Waals surface area contributed by atoms with E-state index in [-0.39, 0.29) is 11.3 Å². The van der Waals surface area contributed by atoms with E-state index in [2.05, 4.69) is 39.1 Å². The molecule has 1 unspecified atom stereocenters. The topological polar surface area (TPSA) is 65.8 Å². The number of aryl methyl sites for hydroxylation is 3. The van der Waals surface area contributed by atoms with Crippen LogP contribution in [0.1, 0.15) is 61.6 Å². The van der Waals surface area contributed by atoms with Crippen molar-refractivity contribution in [2.24, 2.45) is 11.3 Å². The van der Waals surface area contributed by atoms with Crippen molar-refractivity contribution >= 4 is 23.4 Å². The number of nitrogens with one attached hydrogen (secondary N) is 1. The number of hydrogen-bond donors (Lipinski definition) is 1. The number of carbonyl (C=O) groups is 1. The van der Waals surface area contributed by atoms with Gasteiger partial charge in [-0.3, -0.25) is 4.79 Å². The summed E-state index contributed by atoms with van der Waals surface area (Å²) in [6, 6.07) is 10.3. The molecule has 0 bridgehead atoms. The van der Waals surface area contributed by atoms with Gasteiger partial charge in [-0.05, 0) is 79.3 Å². The van der Waals surface area contributed by atoms with Gasteiger partial charge in [0.25, 0.3) is 0 Å². The number of hydrogen-bond acceptors (Lipinski definition) is 4. The van der Waals surface area contributed by atoms with Crippen molar-refractivity contribution in [2.45, 2.75) is 65.3 Å². The third-order valence-corrected chi connectivity index (χ3v) is 7.05.